The van der Waals surface area contributed by atoms with Crippen molar-refractivity contribution in [3.8, 4) is 6.07 Å². The highest BCUT2D eigenvalue weighted by molar-refractivity contribution is 6.12. The van der Waals surface area contributed by atoms with Crippen molar-refractivity contribution >= 4 is 17.6 Å². The summed E-state index contributed by atoms with van der Waals surface area (Å²) in [5, 5.41) is 9.35. The number of hydrogen-bond acceptors (Lipinski definition) is 7. The summed E-state index contributed by atoms with van der Waals surface area (Å²) in [4.78, 5) is 35.5. The number of esters is 1. The summed E-state index contributed by atoms with van der Waals surface area (Å²) in [7, 11) is 0. The maximum Gasteiger partial charge on any atom is 0.315 e. The van der Waals surface area contributed by atoms with Gasteiger partial charge in [0.2, 0.25) is 11.7 Å². The zero-order valence-electron chi connectivity index (χ0n) is 23.0. The van der Waals surface area contributed by atoms with Crippen LogP contribution in [0, 0.1) is 29.1 Å². The molecule has 1 aliphatic carbocycles. The van der Waals surface area contributed by atoms with Gasteiger partial charge >= 0.3 is 5.97 Å². The molecule has 2 saturated heterocycles. The summed E-state index contributed by atoms with van der Waals surface area (Å²) in [5.74, 6) is -3.88. The molecule has 1 spiro atoms. The Morgan fingerprint density at radius 1 is 1.07 bits per heavy atom. The molecule has 40 heavy (non-hydrogen) atoms. The van der Waals surface area contributed by atoms with Gasteiger partial charge < -0.3 is 19.1 Å². The fourth-order valence-electron chi connectivity index (χ4n) is 7.43. The number of fused-ring (bicyclic) bond motifs is 1. The first kappa shape index (κ1) is 26.7. The maximum atomic E-state index is 14.5. The second-order valence-electron chi connectivity index (χ2n) is 11.1. The molecule has 8 nitrogen and oxygen atoms in total. The third-order valence-corrected chi connectivity index (χ3v) is 8.91. The quantitative estimate of drug-likeness (QED) is 0.453. The molecule has 3 heterocycles. The van der Waals surface area contributed by atoms with E-state index < -0.39 is 29.3 Å². The topological polar surface area (TPSA) is 101 Å². The molecule has 5 atom stereocenters. The van der Waals surface area contributed by atoms with E-state index in [1.165, 1.54) is 6.42 Å². The van der Waals surface area contributed by atoms with Gasteiger partial charge in [0, 0.05) is 18.7 Å². The molecule has 1 saturated carbocycles. The van der Waals surface area contributed by atoms with Crippen LogP contribution in [0.3, 0.4) is 0 Å². The van der Waals surface area contributed by atoms with Crippen LogP contribution in [0.15, 0.2) is 59.6 Å². The standard InChI is InChI=1S/C32H35N3O5/c1-3-38-30(37)26-25-29(36)35(20-22-11-7-5-8-12-22)28(24-13-9-6-10-14-24)31(25)34-27(32(26,40-31)39-4-2)23-17-15-21(19-33)16-18-23/h5,7-8,11-12,15-18,24-26,28H,3-4,6,9-10,13-14,20H2,1-2H3/t25-,26-,28?,31-,32-/m1/s1. The monoisotopic (exact) mass is 541 g/mol. The summed E-state index contributed by atoms with van der Waals surface area (Å²) >= 11 is 0. The molecule has 2 aromatic rings. The second-order valence-corrected chi connectivity index (χ2v) is 11.1. The van der Waals surface area contributed by atoms with E-state index in [4.69, 9.17) is 19.2 Å². The van der Waals surface area contributed by atoms with Crippen molar-refractivity contribution in [2.45, 2.75) is 70.1 Å². The van der Waals surface area contributed by atoms with Crippen molar-refractivity contribution in [1.29, 1.82) is 5.26 Å². The van der Waals surface area contributed by atoms with Gasteiger partial charge in [-0.05, 0) is 50.3 Å². The molecule has 1 amide bonds. The predicted molar refractivity (Wildman–Crippen MR) is 147 cm³/mol. The van der Waals surface area contributed by atoms with Crippen LogP contribution in [0.25, 0.3) is 0 Å². The van der Waals surface area contributed by atoms with Gasteiger partial charge in [0.1, 0.15) is 17.5 Å². The Hall–Kier alpha value is -3.54. The largest absolute Gasteiger partial charge is 0.466 e. The highest BCUT2D eigenvalue weighted by Crippen LogP contribution is 2.63. The Bertz CT molecular complexity index is 1350. The third kappa shape index (κ3) is 3.98. The molecule has 3 fully saturated rings. The van der Waals surface area contributed by atoms with Crippen molar-refractivity contribution < 1.29 is 23.8 Å². The number of nitriles is 1. The van der Waals surface area contributed by atoms with Gasteiger partial charge in [-0.2, -0.15) is 5.26 Å². The van der Waals surface area contributed by atoms with E-state index in [0.29, 0.717) is 23.4 Å². The molecule has 1 unspecified atom stereocenters. The molecular formula is C32H35N3O5. The summed E-state index contributed by atoms with van der Waals surface area (Å²) < 4.78 is 18.9. The number of carbonyl (C=O) groups is 2. The highest BCUT2D eigenvalue weighted by Gasteiger charge is 2.81. The van der Waals surface area contributed by atoms with E-state index in [9.17, 15) is 14.9 Å². The molecule has 6 rings (SSSR count). The van der Waals surface area contributed by atoms with Crippen LogP contribution in [-0.2, 0) is 30.3 Å². The first-order chi connectivity index (χ1) is 19.5. The molecule has 0 N–H and O–H groups in total. The molecular weight excluding hydrogens is 506 g/mol. The van der Waals surface area contributed by atoms with Crippen LogP contribution in [0.4, 0.5) is 0 Å². The summed E-state index contributed by atoms with van der Waals surface area (Å²) in [5.41, 5.74) is 1.45. The Morgan fingerprint density at radius 2 is 1.80 bits per heavy atom. The molecule has 2 aromatic carbocycles. The zero-order valence-corrected chi connectivity index (χ0v) is 23.0. The van der Waals surface area contributed by atoms with Crippen molar-refractivity contribution in [2.24, 2.45) is 22.7 Å². The molecule has 0 aromatic heterocycles. The van der Waals surface area contributed by atoms with Crippen molar-refractivity contribution in [3.05, 3.63) is 71.3 Å². The lowest BCUT2D eigenvalue weighted by atomic mass is 9.73. The number of nitrogens with zero attached hydrogens (tertiary/aromatic N) is 3. The molecule has 4 aliphatic rings. The van der Waals surface area contributed by atoms with Gasteiger partial charge in [-0.25, -0.2) is 4.99 Å². The van der Waals surface area contributed by atoms with E-state index in [2.05, 4.69) is 6.07 Å². The lowest BCUT2D eigenvalue weighted by Gasteiger charge is -2.40. The second kappa shape index (κ2) is 10.5. The van der Waals surface area contributed by atoms with E-state index in [0.717, 1.165) is 31.2 Å². The Morgan fingerprint density at radius 3 is 2.45 bits per heavy atom. The number of aliphatic imine (C=N–C) groups is 1. The van der Waals surface area contributed by atoms with Gasteiger partial charge in [0.15, 0.2) is 5.72 Å². The number of hydrogen-bond donors (Lipinski definition) is 0. The van der Waals surface area contributed by atoms with Crippen LogP contribution in [0.2, 0.25) is 0 Å². The van der Waals surface area contributed by atoms with Crippen LogP contribution in [-0.4, -0.2) is 53.3 Å². The molecule has 8 heteroatoms. The minimum Gasteiger partial charge on any atom is -0.466 e. The average Bonchev–Trinajstić information content (AvgIpc) is 3.54. The van der Waals surface area contributed by atoms with Crippen molar-refractivity contribution in [2.75, 3.05) is 13.2 Å². The van der Waals surface area contributed by atoms with Crippen molar-refractivity contribution in [1.82, 2.24) is 4.90 Å². The lowest BCUT2D eigenvalue weighted by Crippen LogP contribution is -2.53. The van der Waals surface area contributed by atoms with E-state index in [1.54, 1.807) is 19.1 Å². The Kier molecular flexibility index (Phi) is 6.97. The summed E-state index contributed by atoms with van der Waals surface area (Å²) in [6.07, 6.45) is 5.27. The molecule has 2 bridgehead atoms. The fourth-order valence-corrected chi connectivity index (χ4v) is 7.43. The molecule has 0 radical (unpaired) electrons. The molecule has 208 valence electrons. The minimum atomic E-state index is -1.55. The Labute approximate surface area is 234 Å². The highest BCUT2D eigenvalue weighted by atomic mass is 16.7. The Balaban J connectivity index is 1.54. The summed E-state index contributed by atoms with van der Waals surface area (Å²) in [6, 6.07) is 18.8. The maximum absolute atomic E-state index is 14.5. The van der Waals surface area contributed by atoms with E-state index >= 15 is 0 Å². The average molecular weight is 542 g/mol. The van der Waals surface area contributed by atoms with Crippen LogP contribution in [0.5, 0.6) is 0 Å². The SMILES string of the molecule is CCOC(=O)[C@H]1[C@@H]2C(=O)N(Cc3ccccc3)C(C3CCCCC3)[C@@]23N=C(c2ccc(C#N)cc2)[C@]1(OCC)O3. The van der Waals surface area contributed by atoms with Gasteiger partial charge in [0.25, 0.3) is 0 Å². The first-order valence-corrected chi connectivity index (χ1v) is 14.4. The van der Waals surface area contributed by atoms with Crippen LogP contribution < -0.4 is 0 Å². The fraction of sp³-hybridized carbons (Fsp3) is 0.500. The third-order valence-electron chi connectivity index (χ3n) is 8.91. The summed E-state index contributed by atoms with van der Waals surface area (Å²) in [6.45, 7) is 4.45. The van der Waals surface area contributed by atoms with Gasteiger partial charge in [-0.3, -0.25) is 9.59 Å². The van der Waals surface area contributed by atoms with E-state index in [1.807, 2.05) is 54.3 Å². The van der Waals surface area contributed by atoms with Gasteiger partial charge in [-0.1, -0.05) is 61.7 Å². The van der Waals surface area contributed by atoms with Gasteiger partial charge in [-0.15, -0.1) is 0 Å². The van der Waals surface area contributed by atoms with Gasteiger partial charge in [0.05, 0.1) is 24.3 Å². The van der Waals surface area contributed by atoms with Crippen molar-refractivity contribution in [3.63, 3.8) is 0 Å². The minimum absolute atomic E-state index is 0.137. The normalized spacial score (nSPS) is 31.1. The lowest BCUT2D eigenvalue weighted by molar-refractivity contribution is -0.221. The number of ether oxygens (including phenoxy) is 3. The number of likely N-dealkylation sites (tertiary alicyclic amines) is 1. The zero-order chi connectivity index (χ0) is 27.9. The number of rotatable bonds is 8. The number of benzene rings is 2. The first-order valence-electron chi connectivity index (χ1n) is 14.4. The van der Waals surface area contributed by atoms with Crippen LogP contribution in [0.1, 0.15) is 62.6 Å². The smallest absolute Gasteiger partial charge is 0.315 e. The predicted octanol–water partition coefficient (Wildman–Crippen LogP) is 4.61. The number of carbonyl (C=O) groups excluding carboxylic acids is 2. The van der Waals surface area contributed by atoms with E-state index in [-0.39, 0.29) is 31.1 Å². The number of amides is 1. The molecule has 3 aliphatic heterocycles. The van der Waals surface area contributed by atoms with Crippen LogP contribution >= 0.6 is 0 Å².